The number of rotatable bonds is 9. The van der Waals surface area contributed by atoms with E-state index in [1.54, 1.807) is 0 Å². The van der Waals surface area contributed by atoms with Gasteiger partial charge in [0, 0.05) is 24.0 Å². The summed E-state index contributed by atoms with van der Waals surface area (Å²) in [6, 6.07) is 7.63. The lowest BCUT2D eigenvalue weighted by molar-refractivity contribution is -0.137. The zero-order valence-corrected chi connectivity index (χ0v) is 15.2. The second kappa shape index (κ2) is 8.83. The summed E-state index contributed by atoms with van der Waals surface area (Å²) >= 11 is 6.24. The third kappa shape index (κ3) is 6.07. The molecule has 1 aromatic rings. The molecule has 1 heterocycles. The van der Waals surface area contributed by atoms with E-state index in [0.717, 1.165) is 24.9 Å². The second-order valence-corrected chi connectivity index (χ2v) is 8.96. The molecule has 1 saturated heterocycles. The van der Waals surface area contributed by atoms with Gasteiger partial charge in [0.15, 0.2) is 9.84 Å². The van der Waals surface area contributed by atoms with Crippen molar-refractivity contribution in [2.24, 2.45) is 0 Å². The number of sulfone groups is 1. The molecule has 1 aromatic carbocycles. The van der Waals surface area contributed by atoms with Gasteiger partial charge in [-0.2, -0.15) is 0 Å². The minimum atomic E-state index is -2.94. The van der Waals surface area contributed by atoms with Crippen molar-refractivity contribution < 1.29 is 18.3 Å². The van der Waals surface area contributed by atoms with Gasteiger partial charge in [-0.1, -0.05) is 36.2 Å². The lowest BCUT2D eigenvalue weighted by atomic mass is 10.1. The standard InChI is InChI=1S/C17H24ClNO4S/c18-16-7-4-3-6-14(16)12-19(10-5-1-2-8-17(20)21)15-9-11-24(22,23)13-15/h3-4,6-7,15H,1-2,5,8-13H2,(H,20,21)/t15-/m1/s1. The largest absolute Gasteiger partial charge is 0.481 e. The first-order valence-corrected chi connectivity index (χ1v) is 10.5. The van der Waals surface area contributed by atoms with Crippen molar-refractivity contribution in [1.29, 1.82) is 0 Å². The zero-order valence-electron chi connectivity index (χ0n) is 13.7. The topological polar surface area (TPSA) is 74.7 Å². The minimum absolute atomic E-state index is 0.0192. The van der Waals surface area contributed by atoms with E-state index in [1.165, 1.54) is 0 Å². The summed E-state index contributed by atoms with van der Waals surface area (Å²) in [5.74, 6) is -0.327. The Morgan fingerprint density at radius 2 is 2.00 bits per heavy atom. The molecule has 1 aliphatic rings. The number of nitrogens with zero attached hydrogens (tertiary/aromatic N) is 1. The fraction of sp³-hybridized carbons (Fsp3) is 0.588. The third-order valence-corrected chi connectivity index (χ3v) is 6.51. The van der Waals surface area contributed by atoms with Crippen LogP contribution in [0, 0.1) is 0 Å². The number of aliphatic carboxylic acids is 1. The summed E-state index contributed by atoms with van der Waals surface area (Å²) in [6.07, 6.45) is 3.17. The Kier molecular flexibility index (Phi) is 7.07. The van der Waals surface area contributed by atoms with Crippen molar-refractivity contribution in [1.82, 2.24) is 4.90 Å². The van der Waals surface area contributed by atoms with Gasteiger partial charge in [0.05, 0.1) is 11.5 Å². The van der Waals surface area contributed by atoms with Gasteiger partial charge in [-0.3, -0.25) is 9.69 Å². The Hall–Kier alpha value is -1.11. The van der Waals surface area contributed by atoms with E-state index >= 15 is 0 Å². The lowest BCUT2D eigenvalue weighted by Crippen LogP contribution is -2.36. The normalized spacial score (nSPS) is 19.7. The molecule has 0 saturated carbocycles. The van der Waals surface area contributed by atoms with Crippen LogP contribution in [-0.2, 0) is 21.2 Å². The van der Waals surface area contributed by atoms with Crippen LogP contribution in [0.2, 0.25) is 5.02 Å². The number of benzene rings is 1. The van der Waals surface area contributed by atoms with Crippen molar-refractivity contribution in [3.05, 3.63) is 34.9 Å². The van der Waals surface area contributed by atoms with Gasteiger partial charge in [0.25, 0.3) is 0 Å². The molecule has 0 bridgehead atoms. The number of carbonyl (C=O) groups is 1. The first kappa shape index (κ1) is 19.2. The number of carboxylic acids is 1. The Balaban J connectivity index is 1.96. The highest BCUT2D eigenvalue weighted by Gasteiger charge is 2.32. The summed E-state index contributed by atoms with van der Waals surface area (Å²) in [5.41, 5.74) is 0.994. The Morgan fingerprint density at radius 3 is 2.62 bits per heavy atom. The maximum absolute atomic E-state index is 11.8. The Labute approximate surface area is 148 Å². The second-order valence-electron chi connectivity index (χ2n) is 6.32. The molecule has 2 rings (SSSR count). The summed E-state index contributed by atoms with van der Waals surface area (Å²) < 4.78 is 23.6. The number of unbranched alkanes of at least 4 members (excludes halogenated alkanes) is 2. The molecule has 0 spiro atoms. The zero-order chi connectivity index (χ0) is 17.6. The average Bonchev–Trinajstić information content (AvgIpc) is 2.87. The first-order valence-electron chi connectivity index (χ1n) is 8.27. The Bertz CT molecular complexity index is 662. The van der Waals surface area contributed by atoms with E-state index in [2.05, 4.69) is 4.90 Å². The number of hydrogen-bond donors (Lipinski definition) is 1. The number of carboxylic acid groups (broad SMARTS) is 1. The number of halogens is 1. The van der Waals surface area contributed by atoms with E-state index < -0.39 is 15.8 Å². The van der Waals surface area contributed by atoms with Gasteiger partial charge in [-0.15, -0.1) is 0 Å². The maximum atomic E-state index is 11.8. The molecule has 134 valence electrons. The van der Waals surface area contributed by atoms with Gasteiger partial charge in [-0.25, -0.2) is 8.42 Å². The highest BCUT2D eigenvalue weighted by Crippen LogP contribution is 2.23. The summed E-state index contributed by atoms with van der Waals surface area (Å²) in [5, 5.41) is 9.37. The summed E-state index contributed by atoms with van der Waals surface area (Å²) in [6.45, 7) is 1.38. The molecule has 1 aliphatic heterocycles. The molecule has 1 N–H and O–H groups in total. The molecule has 1 fully saturated rings. The van der Waals surface area contributed by atoms with Crippen LogP contribution < -0.4 is 0 Å². The maximum Gasteiger partial charge on any atom is 0.303 e. The average molecular weight is 374 g/mol. The van der Waals surface area contributed by atoms with Gasteiger partial charge in [-0.05, 0) is 37.4 Å². The predicted octanol–water partition coefficient (Wildman–Crippen LogP) is 2.97. The van der Waals surface area contributed by atoms with Gasteiger partial charge in [0.1, 0.15) is 0 Å². The van der Waals surface area contributed by atoms with Crippen molar-refractivity contribution >= 4 is 27.4 Å². The molecule has 0 aliphatic carbocycles. The SMILES string of the molecule is O=C(O)CCCCCN(Cc1ccccc1Cl)[C@@H]1CCS(=O)(=O)C1. The van der Waals surface area contributed by atoms with Gasteiger partial charge in [0.2, 0.25) is 0 Å². The summed E-state index contributed by atoms with van der Waals surface area (Å²) in [7, 11) is -2.94. The predicted molar refractivity (Wildman–Crippen MR) is 95.0 cm³/mol. The van der Waals surface area contributed by atoms with E-state index in [4.69, 9.17) is 16.7 Å². The quantitative estimate of drug-likeness (QED) is 0.673. The fourth-order valence-electron chi connectivity index (χ4n) is 3.07. The molecule has 0 aromatic heterocycles. The highest BCUT2D eigenvalue weighted by molar-refractivity contribution is 7.91. The van der Waals surface area contributed by atoms with Crippen molar-refractivity contribution in [3.63, 3.8) is 0 Å². The molecule has 1 atom stereocenters. The molecule has 24 heavy (non-hydrogen) atoms. The van der Waals surface area contributed by atoms with Gasteiger partial charge < -0.3 is 5.11 Å². The molecule has 0 unspecified atom stereocenters. The van der Waals surface area contributed by atoms with Crippen molar-refractivity contribution in [3.8, 4) is 0 Å². The smallest absolute Gasteiger partial charge is 0.303 e. The van der Waals surface area contributed by atoms with Crippen LogP contribution in [0.15, 0.2) is 24.3 Å². The third-order valence-electron chi connectivity index (χ3n) is 4.39. The van der Waals surface area contributed by atoms with E-state index in [-0.39, 0.29) is 24.0 Å². The van der Waals surface area contributed by atoms with E-state index in [0.29, 0.717) is 24.4 Å². The molecular weight excluding hydrogens is 350 g/mol. The number of hydrogen-bond acceptors (Lipinski definition) is 4. The fourth-order valence-corrected chi connectivity index (χ4v) is 5.02. The summed E-state index contributed by atoms with van der Waals surface area (Å²) in [4.78, 5) is 12.8. The molecular formula is C17H24ClNO4S. The molecule has 7 heteroatoms. The monoisotopic (exact) mass is 373 g/mol. The molecule has 5 nitrogen and oxygen atoms in total. The van der Waals surface area contributed by atoms with Crippen molar-refractivity contribution in [2.75, 3.05) is 18.1 Å². The van der Waals surface area contributed by atoms with E-state index in [1.807, 2.05) is 24.3 Å². The van der Waals surface area contributed by atoms with Crippen LogP contribution in [0.3, 0.4) is 0 Å². The van der Waals surface area contributed by atoms with Crippen LogP contribution in [0.25, 0.3) is 0 Å². The van der Waals surface area contributed by atoms with Gasteiger partial charge >= 0.3 is 5.97 Å². The van der Waals surface area contributed by atoms with Crippen LogP contribution in [0.1, 0.15) is 37.7 Å². The molecule has 0 amide bonds. The minimum Gasteiger partial charge on any atom is -0.481 e. The van der Waals surface area contributed by atoms with Crippen molar-refractivity contribution in [2.45, 2.75) is 44.7 Å². The van der Waals surface area contributed by atoms with E-state index in [9.17, 15) is 13.2 Å². The van der Waals surface area contributed by atoms with Crippen LogP contribution in [0.4, 0.5) is 0 Å². The lowest BCUT2D eigenvalue weighted by Gasteiger charge is -2.28. The van der Waals surface area contributed by atoms with Crippen LogP contribution in [-0.4, -0.2) is 48.5 Å². The van der Waals surface area contributed by atoms with Crippen LogP contribution >= 0.6 is 11.6 Å². The highest BCUT2D eigenvalue weighted by atomic mass is 35.5. The van der Waals surface area contributed by atoms with Crippen LogP contribution in [0.5, 0.6) is 0 Å². The Morgan fingerprint density at radius 1 is 1.25 bits per heavy atom. The first-order chi connectivity index (χ1) is 11.4. The molecule has 0 radical (unpaired) electrons.